The van der Waals surface area contributed by atoms with Gasteiger partial charge in [-0.1, -0.05) is 30.3 Å². The summed E-state index contributed by atoms with van der Waals surface area (Å²) < 4.78 is 0. The lowest BCUT2D eigenvalue weighted by molar-refractivity contribution is 0.0940. The van der Waals surface area contributed by atoms with Crippen molar-refractivity contribution in [3.63, 3.8) is 0 Å². The van der Waals surface area contributed by atoms with Crippen molar-refractivity contribution in [2.45, 2.75) is 12.8 Å². The van der Waals surface area contributed by atoms with Gasteiger partial charge in [0.15, 0.2) is 0 Å². The van der Waals surface area contributed by atoms with E-state index in [0.717, 1.165) is 24.3 Å². The van der Waals surface area contributed by atoms with Crippen LogP contribution in [0.4, 0.5) is 0 Å². The number of aromatic nitrogens is 2. The van der Waals surface area contributed by atoms with Crippen LogP contribution in [0.3, 0.4) is 0 Å². The maximum absolute atomic E-state index is 12.1. The van der Waals surface area contributed by atoms with Crippen molar-refractivity contribution in [2.75, 3.05) is 19.6 Å². The lowest BCUT2D eigenvalue weighted by atomic mass is 10.00. The number of amides is 1. The van der Waals surface area contributed by atoms with Gasteiger partial charge in [0.2, 0.25) is 0 Å². The second-order valence-electron chi connectivity index (χ2n) is 5.46. The zero-order valence-corrected chi connectivity index (χ0v) is 11.9. The first-order valence-electron chi connectivity index (χ1n) is 7.42. The Morgan fingerprint density at radius 2 is 2.19 bits per heavy atom. The van der Waals surface area contributed by atoms with Crippen LogP contribution in [-0.2, 0) is 0 Å². The first-order valence-corrected chi connectivity index (χ1v) is 7.42. The van der Waals surface area contributed by atoms with Gasteiger partial charge in [0.25, 0.3) is 5.91 Å². The molecule has 5 nitrogen and oxygen atoms in total. The molecule has 21 heavy (non-hydrogen) atoms. The average Bonchev–Trinajstić information content (AvgIpc) is 3.04. The van der Waals surface area contributed by atoms with Crippen LogP contribution in [0.25, 0.3) is 11.3 Å². The highest BCUT2D eigenvalue weighted by Crippen LogP contribution is 2.17. The normalized spacial score (nSPS) is 18.4. The summed E-state index contributed by atoms with van der Waals surface area (Å²) in [5.41, 5.74) is 2.31. The van der Waals surface area contributed by atoms with Crippen LogP contribution in [0, 0.1) is 5.92 Å². The summed E-state index contributed by atoms with van der Waals surface area (Å²) in [6.45, 7) is 2.79. The largest absolute Gasteiger partial charge is 0.350 e. The minimum absolute atomic E-state index is 0.0877. The number of hydrogen-bond donors (Lipinski definition) is 3. The molecule has 1 saturated heterocycles. The topological polar surface area (TPSA) is 69.8 Å². The fourth-order valence-electron chi connectivity index (χ4n) is 2.63. The minimum Gasteiger partial charge on any atom is -0.350 e. The molecule has 0 radical (unpaired) electrons. The molecule has 1 aliphatic rings. The predicted molar refractivity (Wildman–Crippen MR) is 82.0 cm³/mol. The molecule has 0 aliphatic carbocycles. The molecule has 1 aromatic heterocycles. The van der Waals surface area contributed by atoms with Crippen LogP contribution >= 0.6 is 0 Å². The van der Waals surface area contributed by atoms with Gasteiger partial charge in [0, 0.05) is 12.1 Å². The quantitative estimate of drug-likeness (QED) is 0.802. The van der Waals surface area contributed by atoms with Crippen molar-refractivity contribution in [1.82, 2.24) is 20.8 Å². The molecule has 0 bridgehead atoms. The van der Waals surface area contributed by atoms with E-state index in [1.807, 2.05) is 30.3 Å². The SMILES string of the molecule is O=C(NCC1CCCNC1)c1cc(-c2ccccc2)n[nH]1. The maximum atomic E-state index is 12.1. The van der Waals surface area contributed by atoms with Crippen molar-refractivity contribution in [2.24, 2.45) is 5.92 Å². The fraction of sp³-hybridized carbons (Fsp3) is 0.375. The number of piperidine rings is 1. The number of carbonyl (C=O) groups is 1. The van der Waals surface area contributed by atoms with E-state index in [2.05, 4.69) is 20.8 Å². The summed E-state index contributed by atoms with van der Waals surface area (Å²) >= 11 is 0. The second-order valence-corrected chi connectivity index (χ2v) is 5.46. The first kappa shape index (κ1) is 13.8. The van der Waals surface area contributed by atoms with Gasteiger partial charge in [-0.3, -0.25) is 9.89 Å². The van der Waals surface area contributed by atoms with Crippen molar-refractivity contribution in [1.29, 1.82) is 0 Å². The smallest absolute Gasteiger partial charge is 0.269 e. The molecule has 0 saturated carbocycles. The average molecular weight is 284 g/mol. The van der Waals surface area contributed by atoms with E-state index in [9.17, 15) is 4.79 Å². The predicted octanol–water partition coefficient (Wildman–Crippen LogP) is 1.81. The maximum Gasteiger partial charge on any atom is 0.269 e. The van der Waals surface area contributed by atoms with Crippen LogP contribution in [0.5, 0.6) is 0 Å². The third kappa shape index (κ3) is 3.49. The Morgan fingerprint density at radius 1 is 1.33 bits per heavy atom. The standard InChI is InChI=1S/C16H20N4O/c21-16(18-11-12-5-4-8-17-10-12)15-9-14(19-20-15)13-6-2-1-3-7-13/h1-3,6-7,9,12,17H,4-5,8,10-11H2,(H,18,21)(H,19,20). The van der Waals surface area contributed by atoms with Crippen molar-refractivity contribution in [3.05, 3.63) is 42.1 Å². The van der Waals surface area contributed by atoms with Crippen molar-refractivity contribution >= 4 is 5.91 Å². The molecular weight excluding hydrogens is 264 g/mol. The lowest BCUT2D eigenvalue weighted by Gasteiger charge is -2.22. The first-order chi connectivity index (χ1) is 10.3. The summed E-state index contributed by atoms with van der Waals surface area (Å²) in [6.07, 6.45) is 2.36. The molecule has 110 valence electrons. The molecule has 0 spiro atoms. The summed E-state index contributed by atoms with van der Waals surface area (Å²) in [6, 6.07) is 11.6. The highest BCUT2D eigenvalue weighted by Gasteiger charge is 2.15. The number of carbonyl (C=O) groups excluding carboxylic acids is 1. The molecule has 1 aromatic carbocycles. The second kappa shape index (κ2) is 6.54. The van der Waals surface area contributed by atoms with Crippen LogP contribution in [0.2, 0.25) is 0 Å². The lowest BCUT2D eigenvalue weighted by Crippen LogP contribution is -2.38. The van der Waals surface area contributed by atoms with Gasteiger partial charge in [-0.25, -0.2) is 0 Å². The Kier molecular flexibility index (Phi) is 4.31. The van der Waals surface area contributed by atoms with E-state index >= 15 is 0 Å². The van der Waals surface area contributed by atoms with Gasteiger partial charge in [0.1, 0.15) is 5.69 Å². The molecule has 1 fully saturated rings. The van der Waals surface area contributed by atoms with E-state index in [1.54, 1.807) is 6.07 Å². The van der Waals surface area contributed by atoms with Gasteiger partial charge >= 0.3 is 0 Å². The van der Waals surface area contributed by atoms with E-state index in [-0.39, 0.29) is 5.91 Å². The summed E-state index contributed by atoms with van der Waals surface area (Å²) in [4.78, 5) is 12.1. The zero-order chi connectivity index (χ0) is 14.5. The van der Waals surface area contributed by atoms with Crippen LogP contribution in [0.1, 0.15) is 23.3 Å². The summed E-state index contributed by atoms with van der Waals surface area (Å²) in [5, 5.41) is 13.4. The van der Waals surface area contributed by atoms with Crippen molar-refractivity contribution in [3.8, 4) is 11.3 Å². The summed E-state index contributed by atoms with van der Waals surface area (Å²) in [5.74, 6) is 0.439. The van der Waals surface area contributed by atoms with Crippen LogP contribution < -0.4 is 10.6 Å². The van der Waals surface area contributed by atoms with Crippen LogP contribution in [-0.4, -0.2) is 35.7 Å². The molecule has 5 heteroatoms. The van der Waals surface area contributed by atoms with Gasteiger partial charge in [-0.15, -0.1) is 0 Å². The van der Waals surface area contributed by atoms with Gasteiger partial charge in [-0.05, 0) is 37.9 Å². The number of nitrogens with zero attached hydrogens (tertiary/aromatic N) is 1. The Balaban J connectivity index is 1.59. The Bertz CT molecular complexity index is 587. The number of H-pyrrole nitrogens is 1. The monoisotopic (exact) mass is 284 g/mol. The highest BCUT2D eigenvalue weighted by molar-refractivity contribution is 5.93. The molecule has 1 atom stereocenters. The molecule has 1 unspecified atom stereocenters. The molecule has 1 aliphatic heterocycles. The molecule has 1 amide bonds. The molecule has 3 rings (SSSR count). The molecule has 2 heterocycles. The van der Waals surface area contributed by atoms with Gasteiger partial charge < -0.3 is 10.6 Å². The van der Waals surface area contributed by atoms with E-state index < -0.39 is 0 Å². The number of rotatable bonds is 4. The highest BCUT2D eigenvalue weighted by atomic mass is 16.1. The van der Waals surface area contributed by atoms with Gasteiger partial charge in [0.05, 0.1) is 5.69 Å². The van der Waals surface area contributed by atoms with E-state index in [0.29, 0.717) is 18.2 Å². The number of nitrogens with one attached hydrogen (secondary N) is 3. The molecular formula is C16H20N4O. The van der Waals surface area contributed by atoms with E-state index in [4.69, 9.17) is 0 Å². The Hall–Kier alpha value is -2.14. The van der Waals surface area contributed by atoms with E-state index in [1.165, 1.54) is 12.8 Å². The third-order valence-electron chi connectivity index (χ3n) is 3.84. The van der Waals surface area contributed by atoms with Crippen molar-refractivity contribution < 1.29 is 4.79 Å². The number of hydrogen-bond acceptors (Lipinski definition) is 3. The minimum atomic E-state index is -0.0877. The van der Waals surface area contributed by atoms with Crippen LogP contribution in [0.15, 0.2) is 36.4 Å². The summed E-state index contributed by atoms with van der Waals surface area (Å²) in [7, 11) is 0. The number of aromatic amines is 1. The Labute approximate surface area is 124 Å². The third-order valence-corrected chi connectivity index (χ3v) is 3.84. The Morgan fingerprint density at radius 3 is 2.95 bits per heavy atom. The fourth-order valence-corrected chi connectivity index (χ4v) is 2.63. The number of benzene rings is 1. The molecule has 3 N–H and O–H groups in total. The molecule has 2 aromatic rings. The zero-order valence-electron chi connectivity index (χ0n) is 11.9. The van der Waals surface area contributed by atoms with Gasteiger partial charge in [-0.2, -0.15) is 5.10 Å².